The lowest BCUT2D eigenvalue weighted by atomic mass is 10.1. The molecule has 0 unspecified atom stereocenters. The van der Waals surface area contributed by atoms with Gasteiger partial charge in [0.15, 0.2) is 0 Å². The molecule has 0 bridgehead atoms. The summed E-state index contributed by atoms with van der Waals surface area (Å²) in [5.41, 5.74) is 3.46. The molecule has 1 aromatic heterocycles. The molecule has 0 amide bonds. The Morgan fingerprint density at radius 3 is 2.67 bits per heavy atom. The average Bonchev–Trinajstić information content (AvgIpc) is 2.45. The Morgan fingerprint density at radius 2 is 2.07 bits per heavy atom. The molecular weight excluding hydrogens is 189 g/mol. The first-order chi connectivity index (χ1) is 7.15. The van der Waals surface area contributed by atoms with Crippen LogP contribution in [0, 0.1) is 12.7 Å². The van der Waals surface area contributed by atoms with Gasteiger partial charge in [-0.3, -0.25) is 0 Å². The number of nitrogens with zero attached hydrogens (tertiary/aromatic N) is 1. The van der Waals surface area contributed by atoms with Gasteiger partial charge in [-0.15, -0.1) is 0 Å². The molecule has 0 fully saturated rings. The van der Waals surface area contributed by atoms with Crippen LogP contribution in [0.25, 0.3) is 0 Å². The molecule has 0 spiro atoms. The molecule has 1 heterocycles. The van der Waals surface area contributed by atoms with E-state index in [2.05, 4.69) is 23.8 Å². The Labute approximate surface area is 89.2 Å². The highest BCUT2D eigenvalue weighted by molar-refractivity contribution is 5.26. The van der Waals surface area contributed by atoms with Gasteiger partial charge in [-0.25, -0.2) is 4.39 Å². The van der Waals surface area contributed by atoms with Gasteiger partial charge in [0.05, 0.1) is 0 Å². The maximum Gasteiger partial charge on any atom is 0.123 e. The highest BCUT2D eigenvalue weighted by Crippen LogP contribution is 2.13. The van der Waals surface area contributed by atoms with E-state index in [4.69, 9.17) is 0 Å². The molecule has 0 N–H and O–H groups in total. The van der Waals surface area contributed by atoms with Crippen molar-refractivity contribution in [1.29, 1.82) is 0 Å². The van der Waals surface area contributed by atoms with Gasteiger partial charge in [-0.2, -0.15) is 0 Å². The summed E-state index contributed by atoms with van der Waals surface area (Å²) in [4.78, 5) is 0. The van der Waals surface area contributed by atoms with Crippen LogP contribution < -0.4 is 0 Å². The first kappa shape index (κ1) is 9.97. The second-order valence-corrected chi connectivity index (χ2v) is 3.93. The minimum Gasteiger partial charge on any atom is -0.354 e. The molecule has 0 radical (unpaired) electrons. The summed E-state index contributed by atoms with van der Waals surface area (Å²) in [6.07, 6.45) is 2.86. The summed E-state index contributed by atoms with van der Waals surface area (Å²) in [6.45, 7) is 2.06. The first-order valence-electron chi connectivity index (χ1n) is 5.01. The highest BCUT2D eigenvalue weighted by Gasteiger charge is 2.02. The average molecular weight is 203 g/mol. The van der Waals surface area contributed by atoms with Gasteiger partial charge in [-0.05, 0) is 36.2 Å². The zero-order chi connectivity index (χ0) is 10.8. The summed E-state index contributed by atoms with van der Waals surface area (Å²) >= 11 is 0. The fraction of sp³-hybridized carbons (Fsp3) is 0.231. The summed E-state index contributed by atoms with van der Waals surface area (Å²) in [5.74, 6) is -0.168. The van der Waals surface area contributed by atoms with Gasteiger partial charge < -0.3 is 4.57 Å². The van der Waals surface area contributed by atoms with E-state index < -0.39 is 0 Å². The maximum atomic E-state index is 13.0. The molecule has 0 atom stereocenters. The van der Waals surface area contributed by atoms with E-state index in [1.165, 1.54) is 17.3 Å². The van der Waals surface area contributed by atoms with E-state index in [-0.39, 0.29) is 5.82 Å². The van der Waals surface area contributed by atoms with Gasteiger partial charge in [-0.1, -0.05) is 12.1 Å². The molecule has 2 rings (SSSR count). The number of aromatic nitrogens is 1. The molecular formula is C13H14FN. The van der Waals surface area contributed by atoms with E-state index in [1.54, 1.807) is 12.1 Å². The van der Waals surface area contributed by atoms with Crippen LogP contribution in [0.4, 0.5) is 4.39 Å². The van der Waals surface area contributed by atoms with Crippen molar-refractivity contribution >= 4 is 0 Å². The minimum absolute atomic E-state index is 0.168. The molecule has 0 saturated heterocycles. The standard InChI is InChI=1S/C13H14FN/c1-10-6-13(15(2)9-10)8-11-4-3-5-12(14)7-11/h3-7,9H,8H2,1-2H3. The number of benzene rings is 1. The number of halogens is 1. The normalized spacial score (nSPS) is 10.6. The van der Waals surface area contributed by atoms with Gasteiger partial charge in [0.1, 0.15) is 5.82 Å². The number of hydrogen-bond acceptors (Lipinski definition) is 0. The van der Waals surface area contributed by atoms with Crippen molar-refractivity contribution in [1.82, 2.24) is 4.57 Å². The van der Waals surface area contributed by atoms with Crippen LogP contribution in [0.3, 0.4) is 0 Å². The molecule has 0 aliphatic carbocycles. The third-order valence-electron chi connectivity index (χ3n) is 2.52. The lowest BCUT2D eigenvalue weighted by Crippen LogP contribution is -1.96. The molecule has 2 heteroatoms. The Balaban J connectivity index is 2.25. The fourth-order valence-corrected chi connectivity index (χ4v) is 1.82. The van der Waals surface area contributed by atoms with Crippen LogP contribution in [0.2, 0.25) is 0 Å². The maximum absolute atomic E-state index is 13.0. The van der Waals surface area contributed by atoms with Gasteiger partial charge in [0, 0.05) is 25.4 Å². The van der Waals surface area contributed by atoms with Crippen LogP contribution in [0.1, 0.15) is 16.8 Å². The fourth-order valence-electron chi connectivity index (χ4n) is 1.82. The van der Waals surface area contributed by atoms with E-state index in [1.807, 2.05) is 13.1 Å². The number of hydrogen-bond donors (Lipinski definition) is 0. The second kappa shape index (κ2) is 3.89. The smallest absolute Gasteiger partial charge is 0.123 e. The largest absolute Gasteiger partial charge is 0.354 e. The van der Waals surface area contributed by atoms with Crippen molar-refractivity contribution in [3.05, 3.63) is 59.2 Å². The predicted octanol–water partition coefficient (Wildman–Crippen LogP) is 3.06. The third-order valence-corrected chi connectivity index (χ3v) is 2.52. The highest BCUT2D eigenvalue weighted by atomic mass is 19.1. The summed E-state index contributed by atoms with van der Waals surface area (Å²) in [7, 11) is 2.02. The van der Waals surface area contributed by atoms with Crippen molar-refractivity contribution in [3.8, 4) is 0 Å². The van der Waals surface area contributed by atoms with Crippen LogP contribution in [-0.4, -0.2) is 4.57 Å². The molecule has 0 saturated carbocycles. The molecule has 15 heavy (non-hydrogen) atoms. The van der Waals surface area contributed by atoms with E-state index in [0.717, 1.165) is 12.0 Å². The van der Waals surface area contributed by atoms with Crippen LogP contribution in [-0.2, 0) is 13.5 Å². The second-order valence-electron chi connectivity index (χ2n) is 3.93. The Hall–Kier alpha value is -1.57. The zero-order valence-electron chi connectivity index (χ0n) is 9.00. The topological polar surface area (TPSA) is 4.93 Å². The Morgan fingerprint density at radius 1 is 1.27 bits per heavy atom. The summed E-state index contributed by atoms with van der Waals surface area (Å²) < 4.78 is 15.1. The minimum atomic E-state index is -0.168. The van der Waals surface area contributed by atoms with Crippen LogP contribution in [0.15, 0.2) is 36.5 Å². The Kier molecular flexibility index (Phi) is 2.58. The van der Waals surface area contributed by atoms with Crippen LogP contribution >= 0.6 is 0 Å². The zero-order valence-corrected chi connectivity index (χ0v) is 9.00. The van der Waals surface area contributed by atoms with Crippen LogP contribution in [0.5, 0.6) is 0 Å². The first-order valence-corrected chi connectivity index (χ1v) is 5.01. The van der Waals surface area contributed by atoms with Crippen molar-refractivity contribution < 1.29 is 4.39 Å². The van der Waals surface area contributed by atoms with Gasteiger partial charge in [0.2, 0.25) is 0 Å². The molecule has 1 nitrogen and oxygen atoms in total. The van der Waals surface area contributed by atoms with Crippen molar-refractivity contribution in [2.75, 3.05) is 0 Å². The monoisotopic (exact) mass is 203 g/mol. The van der Waals surface area contributed by atoms with E-state index in [9.17, 15) is 4.39 Å². The number of rotatable bonds is 2. The molecule has 0 aliphatic rings. The van der Waals surface area contributed by atoms with Crippen molar-refractivity contribution in [2.24, 2.45) is 7.05 Å². The quantitative estimate of drug-likeness (QED) is 0.707. The molecule has 2 aromatic rings. The molecule has 78 valence electrons. The molecule has 0 aliphatic heterocycles. The van der Waals surface area contributed by atoms with Crippen molar-refractivity contribution in [2.45, 2.75) is 13.3 Å². The third kappa shape index (κ3) is 2.27. The van der Waals surface area contributed by atoms with Gasteiger partial charge >= 0.3 is 0 Å². The SMILES string of the molecule is Cc1cc(Cc2cccc(F)c2)n(C)c1. The van der Waals surface area contributed by atoms with E-state index >= 15 is 0 Å². The van der Waals surface area contributed by atoms with Crippen molar-refractivity contribution in [3.63, 3.8) is 0 Å². The summed E-state index contributed by atoms with van der Waals surface area (Å²) in [6, 6.07) is 8.89. The number of aryl methyl sites for hydroxylation is 2. The van der Waals surface area contributed by atoms with Gasteiger partial charge in [0.25, 0.3) is 0 Å². The van der Waals surface area contributed by atoms with E-state index in [0.29, 0.717) is 0 Å². The lowest BCUT2D eigenvalue weighted by molar-refractivity contribution is 0.625. The summed E-state index contributed by atoms with van der Waals surface area (Å²) in [5, 5.41) is 0. The lowest BCUT2D eigenvalue weighted by Gasteiger charge is -2.03. The Bertz CT molecular complexity index is 471. The predicted molar refractivity (Wildman–Crippen MR) is 59.4 cm³/mol. The molecule has 1 aromatic carbocycles.